The Hall–Kier alpha value is -2.41. The van der Waals surface area contributed by atoms with E-state index in [-0.39, 0.29) is 40.8 Å². The number of halogens is 2. The van der Waals surface area contributed by atoms with Crippen molar-refractivity contribution in [1.29, 1.82) is 0 Å². The number of carbonyl (C=O) groups excluding carboxylic acids is 2. The molecule has 7 heteroatoms. The van der Waals surface area contributed by atoms with Crippen LogP contribution < -0.4 is 5.73 Å². The number of benzene rings is 1. The zero-order valence-corrected chi connectivity index (χ0v) is 14.6. The summed E-state index contributed by atoms with van der Waals surface area (Å²) in [6, 6.07) is 0. The van der Waals surface area contributed by atoms with Gasteiger partial charge in [0.05, 0.1) is 5.56 Å². The molecule has 0 heterocycles. The van der Waals surface area contributed by atoms with Crippen LogP contribution in [0.25, 0.3) is 0 Å². The minimum atomic E-state index is -1.42. The van der Waals surface area contributed by atoms with Gasteiger partial charge in [-0.1, -0.05) is 13.0 Å². The van der Waals surface area contributed by atoms with Gasteiger partial charge in [0, 0.05) is 16.5 Å². The number of carboxylic acid groups (broad SMARTS) is 1. The van der Waals surface area contributed by atoms with Crippen molar-refractivity contribution in [2.45, 2.75) is 45.2 Å². The molecule has 2 aliphatic rings. The number of hydrogen-bond donors (Lipinski definition) is 2. The predicted molar refractivity (Wildman–Crippen MR) is 88.7 cm³/mol. The monoisotopic (exact) mass is 364 g/mol. The molecule has 1 fully saturated rings. The van der Waals surface area contributed by atoms with E-state index in [1.165, 1.54) is 13.0 Å². The van der Waals surface area contributed by atoms with Crippen LogP contribution in [0.4, 0.5) is 14.5 Å². The van der Waals surface area contributed by atoms with Crippen LogP contribution >= 0.6 is 0 Å². The average Bonchev–Trinajstić information content (AvgIpc) is 3.18. The Labute approximate surface area is 148 Å². The smallest absolute Gasteiger partial charge is 0.339 e. The summed E-state index contributed by atoms with van der Waals surface area (Å²) in [5.41, 5.74) is 2.19. The number of quaternary nitrogens is 1. The number of carbonyl (C=O) groups is 3. The first-order chi connectivity index (χ1) is 12.1. The third-order valence-corrected chi connectivity index (χ3v) is 5.80. The molecule has 1 aromatic rings. The van der Waals surface area contributed by atoms with Gasteiger partial charge in [-0.05, 0) is 37.7 Å². The van der Waals surface area contributed by atoms with Crippen molar-refractivity contribution >= 4 is 23.7 Å². The Morgan fingerprint density at radius 3 is 2.58 bits per heavy atom. The first-order valence-corrected chi connectivity index (χ1v) is 8.40. The molecule has 3 rings (SSSR count). The molecule has 3 atom stereocenters. The summed E-state index contributed by atoms with van der Waals surface area (Å²) in [6.45, 7) is 3.14. The largest absolute Gasteiger partial charge is 0.478 e. The minimum Gasteiger partial charge on any atom is -0.478 e. The quantitative estimate of drug-likeness (QED) is 0.636. The maximum absolute atomic E-state index is 14.6. The number of Topliss-reactive ketones (excluding diaryl/α,β-unsaturated/α-hetero) is 1. The van der Waals surface area contributed by atoms with Crippen molar-refractivity contribution in [2.75, 3.05) is 0 Å². The van der Waals surface area contributed by atoms with Crippen LogP contribution in [0.15, 0.2) is 11.6 Å². The molecular weight excluding hydrogens is 344 g/mol. The van der Waals surface area contributed by atoms with Crippen molar-refractivity contribution in [1.82, 2.24) is 0 Å². The molecular formula is C19H20F2NO4+. The van der Waals surface area contributed by atoms with Crippen LogP contribution in [0, 0.1) is 18.2 Å². The van der Waals surface area contributed by atoms with Gasteiger partial charge in [0.15, 0.2) is 17.8 Å². The Balaban J connectivity index is 2.38. The molecule has 1 aromatic carbocycles. The van der Waals surface area contributed by atoms with E-state index >= 15 is 0 Å². The number of hydrogen-bond acceptors (Lipinski definition) is 3. The van der Waals surface area contributed by atoms with Gasteiger partial charge in [-0.15, -0.1) is 0 Å². The molecule has 0 bridgehead atoms. The number of aldehydes is 1. The molecule has 5 nitrogen and oxygen atoms in total. The third kappa shape index (κ3) is 2.49. The van der Waals surface area contributed by atoms with E-state index in [0.29, 0.717) is 12.7 Å². The molecule has 0 amide bonds. The fourth-order valence-corrected chi connectivity index (χ4v) is 4.02. The van der Waals surface area contributed by atoms with Gasteiger partial charge in [-0.3, -0.25) is 9.59 Å². The molecule has 0 aliphatic heterocycles. The topological polar surface area (TPSA) is 99.1 Å². The number of allylic oxidation sites excluding steroid dienone is 1. The number of fused-ring (bicyclic) bond motifs is 1. The maximum Gasteiger partial charge on any atom is 0.339 e. The van der Waals surface area contributed by atoms with E-state index < -0.39 is 40.6 Å². The van der Waals surface area contributed by atoms with Gasteiger partial charge < -0.3 is 10.8 Å². The Bertz CT molecular complexity index is 877. The van der Waals surface area contributed by atoms with E-state index in [4.69, 9.17) is 0 Å². The van der Waals surface area contributed by atoms with E-state index in [2.05, 4.69) is 5.73 Å². The van der Waals surface area contributed by atoms with Gasteiger partial charge in [0.25, 0.3) is 0 Å². The maximum atomic E-state index is 14.6. The van der Waals surface area contributed by atoms with Crippen LogP contribution in [0.3, 0.4) is 0 Å². The zero-order chi connectivity index (χ0) is 19.4. The summed E-state index contributed by atoms with van der Waals surface area (Å²) in [5, 5.41) is 9.34. The minimum absolute atomic E-state index is 0.00443. The van der Waals surface area contributed by atoms with Gasteiger partial charge in [-0.25, -0.2) is 13.6 Å². The van der Waals surface area contributed by atoms with Crippen molar-refractivity contribution < 1.29 is 34.0 Å². The SMILES string of the molecule is Cc1c(F)c([NH3+])c2c(c1C=O)C([C@]1(C)C[C@@H]1F)CC/C=C(/C(=O)O)C2=O. The summed E-state index contributed by atoms with van der Waals surface area (Å²) in [6.07, 6.45) is 1.55. The van der Waals surface area contributed by atoms with E-state index in [0.717, 1.165) is 0 Å². The third-order valence-electron chi connectivity index (χ3n) is 5.80. The first-order valence-electron chi connectivity index (χ1n) is 8.40. The fraction of sp³-hybridized carbons (Fsp3) is 0.421. The van der Waals surface area contributed by atoms with Crippen LogP contribution in [-0.4, -0.2) is 29.3 Å². The van der Waals surface area contributed by atoms with E-state index in [9.17, 15) is 28.3 Å². The molecule has 0 radical (unpaired) electrons. The van der Waals surface area contributed by atoms with Crippen molar-refractivity contribution in [2.24, 2.45) is 5.41 Å². The predicted octanol–water partition coefficient (Wildman–Crippen LogP) is 2.64. The molecule has 138 valence electrons. The van der Waals surface area contributed by atoms with E-state index in [1.807, 2.05) is 0 Å². The average molecular weight is 364 g/mol. The molecule has 26 heavy (non-hydrogen) atoms. The second-order valence-electron chi connectivity index (χ2n) is 7.30. The molecule has 0 saturated heterocycles. The lowest BCUT2D eigenvalue weighted by molar-refractivity contribution is -0.259. The van der Waals surface area contributed by atoms with Crippen molar-refractivity contribution in [3.05, 3.63) is 39.7 Å². The molecule has 0 aromatic heterocycles. The van der Waals surface area contributed by atoms with Gasteiger partial charge in [-0.2, -0.15) is 0 Å². The van der Waals surface area contributed by atoms with Crippen molar-refractivity contribution in [3.63, 3.8) is 0 Å². The van der Waals surface area contributed by atoms with Gasteiger partial charge in [0.2, 0.25) is 5.78 Å². The van der Waals surface area contributed by atoms with Gasteiger partial charge in [0.1, 0.15) is 11.7 Å². The first kappa shape index (κ1) is 18.4. The number of alkyl halides is 1. The Morgan fingerprint density at radius 2 is 2.08 bits per heavy atom. The molecule has 4 N–H and O–H groups in total. The Morgan fingerprint density at radius 1 is 1.46 bits per heavy atom. The lowest BCUT2D eigenvalue weighted by Crippen LogP contribution is -2.45. The summed E-state index contributed by atoms with van der Waals surface area (Å²) >= 11 is 0. The fourth-order valence-electron chi connectivity index (χ4n) is 4.02. The highest BCUT2D eigenvalue weighted by Gasteiger charge is 2.58. The highest BCUT2D eigenvalue weighted by Crippen LogP contribution is 2.61. The van der Waals surface area contributed by atoms with Crippen molar-refractivity contribution in [3.8, 4) is 0 Å². The number of rotatable bonds is 3. The number of carboxylic acids is 1. The lowest BCUT2D eigenvalue weighted by atomic mass is 9.73. The summed E-state index contributed by atoms with van der Waals surface area (Å²) in [4.78, 5) is 36.1. The van der Waals surface area contributed by atoms with Crippen LogP contribution in [-0.2, 0) is 4.79 Å². The summed E-state index contributed by atoms with van der Waals surface area (Å²) in [7, 11) is 0. The summed E-state index contributed by atoms with van der Waals surface area (Å²) < 4.78 is 28.7. The molecule has 1 unspecified atom stereocenters. The number of aliphatic carboxylic acids is 1. The lowest BCUT2D eigenvalue weighted by Gasteiger charge is -2.29. The highest BCUT2D eigenvalue weighted by molar-refractivity contribution is 6.26. The highest BCUT2D eigenvalue weighted by atomic mass is 19.1. The molecule has 0 spiro atoms. The Kier molecular flexibility index (Phi) is 4.30. The van der Waals surface area contributed by atoms with Gasteiger partial charge >= 0.3 is 5.97 Å². The normalized spacial score (nSPS) is 29.9. The molecule has 1 saturated carbocycles. The standard InChI is InChI=1S/C19H19F2NO4/c1-8-10(7-23)13-11(19(2)6-12(19)20)5-3-4-9(18(25)26)17(24)14(13)16(22)15(8)21/h4,7,11-12H,3,5-6,22H2,1-2H3,(H,25,26)/p+1/b9-4+/t11?,12-,19-/m0/s1. The van der Waals surface area contributed by atoms with Crippen LogP contribution in [0.5, 0.6) is 0 Å². The molecule has 2 aliphatic carbocycles. The van der Waals surface area contributed by atoms with E-state index in [1.54, 1.807) is 6.92 Å². The second-order valence-corrected chi connectivity index (χ2v) is 7.30. The zero-order valence-electron chi connectivity index (χ0n) is 14.6. The summed E-state index contributed by atoms with van der Waals surface area (Å²) in [5.74, 6) is -3.62. The number of ketones is 1. The second kappa shape index (κ2) is 6.09. The van der Waals surface area contributed by atoms with Crippen LogP contribution in [0.1, 0.15) is 63.9 Å². The van der Waals surface area contributed by atoms with Crippen LogP contribution in [0.2, 0.25) is 0 Å².